The van der Waals surface area contributed by atoms with E-state index in [-0.39, 0.29) is 0 Å². The van der Waals surface area contributed by atoms with E-state index in [1.807, 2.05) is 6.92 Å². The molecule has 108 valence electrons. The first-order valence-electron chi connectivity index (χ1n) is 6.55. The van der Waals surface area contributed by atoms with Gasteiger partial charge in [-0.05, 0) is 31.5 Å². The van der Waals surface area contributed by atoms with E-state index in [2.05, 4.69) is 34.7 Å². The van der Waals surface area contributed by atoms with Gasteiger partial charge in [0.25, 0.3) is 0 Å². The molecule has 0 amide bonds. The fraction of sp³-hybridized carbons (Fsp3) is 0.357. The normalized spacial score (nSPS) is 10.6. The van der Waals surface area contributed by atoms with Crippen LogP contribution in [-0.2, 0) is 13.0 Å². The molecular formula is C14H17Cl2N3S. The zero-order chi connectivity index (χ0) is 14.5. The minimum absolute atomic E-state index is 0.531. The van der Waals surface area contributed by atoms with Crippen molar-refractivity contribution in [3.05, 3.63) is 38.0 Å². The maximum atomic E-state index is 6.17. The molecule has 3 nitrogen and oxygen atoms in total. The molecule has 0 aliphatic rings. The molecule has 0 spiro atoms. The van der Waals surface area contributed by atoms with Crippen LogP contribution in [0.3, 0.4) is 0 Å². The number of hydrogen-bond donors (Lipinski definition) is 2. The number of nitrogens with zero attached hydrogens (tertiary/aromatic N) is 1. The lowest BCUT2D eigenvalue weighted by Gasteiger charge is -2.11. The fourth-order valence-electron chi connectivity index (χ4n) is 1.76. The molecule has 20 heavy (non-hydrogen) atoms. The maximum Gasteiger partial charge on any atom is 0.147 e. The zero-order valence-electron chi connectivity index (χ0n) is 11.5. The topological polar surface area (TPSA) is 37.0 Å². The number of halogens is 2. The van der Waals surface area contributed by atoms with Crippen LogP contribution < -0.4 is 10.6 Å². The molecule has 0 radical (unpaired) electrons. The van der Waals surface area contributed by atoms with Gasteiger partial charge in [-0.15, -0.1) is 11.3 Å². The first-order chi connectivity index (χ1) is 9.63. The second kappa shape index (κ2) is 7.16. The second-order valence-corrected chi connectivity index (χ2v) is 6.32. The summed E-state index contributed by atoms with van der Waals surface area (Å²) in [7, 11) is 0. The van der Waals surface area contributed by atoms with Crippen molar-refractivity contribution in [1.82, 2.24) is 4.98 Å². The van der Waals surface area contributed by atoms with Gasteiger partial charge in [0, 0.05) is 16.3 Å². The molecule has 2 aromatic heterocycles. The highest BCUT2D eigenvalue weighted by Crippen LogP contribution is 2.29. The van der Waals surface area contributed by atoms with Crippen molar-refractivity contribution < 1.29 is 0 Å². The molecule has 0 atom stereocenters. The highest BCUT2D eigenvalue weighted by Gasteiger charge is 2.09. The van der Waals surface area contributed by atoms with E-state index < -0.39 is 0 Å². The molecule has 0 unspecified atom stereocenters. The van der Waals surface area contributed by atoms with E-state index in [4.69, 9.17) is 23.2 Å². The first-order valence-corrected chi connectivity index (χ1v) is 8.12. The number of thiophene rings is 1. The SMILES string of the molecule is CCNc1nc(NCc2ccc(CC)s2)c(Cl)cc1Cl. The van der Waals surface area contributed by atoms with Crippen molar-refractivity contribution in [2.24, 2.45) is 0 Å². The molecule has 0 bridgehead atoms. The molecule has 0 aromatic carbocycles. The van der Waals surface area contributed by atoms with Gasteiger partial charge in [-0.3, -0.25) is 0 Å². The van der Waals surface area contributed by atoms with Gasteiger partial charge in [-0.25, -0.2) is 4.98 Å². The summed E-state index contributed by atoms with van der Waals surface area (Å²) in [6.07, 6.45) is 1.06. The van der Waals surface area contributed by atoms with Crippen LogP contribution in [0.1, 0.15) is 23.6 Å². The minimum atomic E-state index is 0.531. The van der Waals surface area contributed by atoms with Crippen LogP contribution in [0.5, 0.6) is 0 Å². The van der Waals surface area contributed by atoms with Gasteiger partial charge < -0.3 is 10.6 Å². The number of nitrogens with one attached hydrogen (secondary N) is 2. The fourth-order valence-corrected chi connectivity index (χ4v) is 3.15. The molecular weight excluding hydrogens is 313 g/mol. The number of hydrogen-bond acceptors (Lipinski definition) is 4. The van der Waals surface area contributed by atoms with E-state index in [1.54, 1.807) is 17.4 Å². The number of pyridine rings is 1. The van der Waals surface area contributed by atoms with Gasteiger partial charge in [0.2, 0.25) is 0 Å². The average molecular weight is 330 g/mol. The summed E-state index contributed by atoms with van der Waals surface area (Å²) in [5.74, 6) is 1.31. The van der Waals surface area contributed by atoms with Crippen molar-refractivity contribution in [3.8, 4) is 0 Å². The van der Waals surface area contributed by atoms with E-state index in [1.165, 1.54) is 9.75 Å². The van der Waals surface area contributed by atoms with Gasteiger partial charge in [-0.2, -0.15) is 0 Å². The van der Waals surface area contributed by atoms with Gasteiger partial charge in [0.1, 0.15) is 11.6 Å². The Labute approximate surface area is 133 Å². The Kier molecular flexibility index (Phi) is 5.52. The van der Waals surface area contributed by atoms with Crippen LogP contribution >= 0.6 is 34.5 Å². The molecule has 2 rings (SSSR count). The summed E-state index contributed by atoms with van der Waals surface area (Å²) in [5.41, 5.74) is 0. The van der Waals surface area contributed by atoms with Crippen molar-refractivity contribution in [2.75, 3.05) is 17.2 Å². The first kappa shape index (κ1) is 15.4. The quantitative estimate of drug-likeness (QED) is 0.778. The highest BCUT2D eigenvalue weighted by molar-refractivity contribution is 7.12. The van der Waals surface area contributed by atoms with Gasteiger partial charge in [0.05, 0.1) is 16.6 Å². The lowest BCUT2D eigenvalue weighted by molar-refractivity contribution is 1.11. The minimum Gasteiger partial charge on any atom is -0.369 e. The third-order valence-electron chi connectivity index (χ3n) is 2.77. The number of aromatic nitrogens is 1. The van der Waals surface area contributed by atoms with Crippen LogP contribution in [0.2, 0.25) is 10.0 Å². The predicted octanol–water partition coefficient (Wildman–Crippen LogP) is 5.06. The van der Waals surface area contributed by atoms with Crippen LogP contribution in [-0.4, -0.2) is 11.5 Å². The second-order valence-electron chi connectivity index (χ2n) is 4.25. The molecule has 0 saturated heterocycles. The molecule has 2 N–H and O–H groups in total. The van der Waals surface area contributed by atoms with Gasteiger partial charge in [0.15, 0.2) is 0 Å². The maximum absolute atomic E-state index is 6.17. The summed E-state index contributed by atoms with van der Waals surface area (Å²) in [5, 5.41) is 7.44. The molecule has 6 heteroatoms. The molecule has 0 fully saturated rings. The third kappa shape index (κ3) is 3.78. The Morgan fingerprint density at radius 2 is 1.70 bits per heavy atom. The lowest BCUT2D eigenvalue weighted by atomic mass is 10.3. The van der Waals surface area contributed by atoms with Crippen LogP contribution in [0.15, 0.2) is 18.2 Å². The zero-order valence-corrected chi connectivity index (χ0v) is 13.8. The van der Waals surface area contributed by atoms with Crippen molar-refractivity contribution in [3.63, 3.8) is 0 Å². The molecule has 2 aromatic rings. The van der Waals surface area contributed by atoms with Crippen LogP contribution in [0.4, 0.5) is 11.6 Å². The molecule has 2 heterocycles. The summed E-state index contributed by atoms with van der Waals surface area (Å²) in [6.45, 7) is 5.63. The van der Waals surface area contributed by atoms with Crippen LogP contribution in [0.25, 0.3) is 0 Å². The molecule has 0 saturated carbocycles. The Hall–Kier alpha value is -0.970. The summed E-state index contributed by atoms with van der Waals surface area (Å²) in [4.78, 5) is 7.07. The summed E-state index contributed by atoms with van der Waals surface area (Å²) < 4.78 is 0. The van der Waals surface area contributed by atoms with Gasteiger partial charge in [-0.1, -0.05) is 30.1 Å². The number of rotatable bonds is 6. The smallest absolute Gasteiger partial charge is 0.147 e. The Bertz CT molecular complexity index is 584. The van der Waals surface area contributed by atoms with E-state index >= 15 is 0 Å². The Morgan fingerprint density at radius 1 is 1.05 bits per heavy atom. The van der Waals surface area contributed by atoms with E-state index in [9.17, 15) is 0 Å². The third-order valence-corrected chi connectivity index (χ3v) is 4.58. The largest absolute Gasteiger partial charge is 0.369 e. The Balaban J connectivity index is 2.10. The number of aryl methyl sites for hydroxylation is 1. The van der Waals surface area contributed by atoms with Gasteiger partial charge >= 0.3 is 0 Å². The van der Waals surface area contributed by atoms with Crippen molar-refractivity contribution in [2.45, 2.75) is 26.8 Å². The average Bonchev–Trinajstić information content (AvgIpc) is 2.88. The summed E-state index contributed by atoms with van der Waals surface area (Å²) in [6, 6.07) is 6.00. The lowest BCUT2D eigenvalue weighted by Crippen LogP contribution is -2.05. The Morgan fingerprint density at radius 3 is 2.30 bits per heavy atom. The van der Waals surface area contributed by atoms with Crippen molar-refractivity contribution >= 4 is 46.2 Å². The number of anilines is 2. The monoisotopic (exact) mass is 329 g/mol. The standard InChI is InChI=1S/C14H17Cl2N3S/c1-3-9-5-6-10(20-9)8-18-14-12(16)7-11(15)13(19-14)17-4-2/h5-7H,3-4,8H2,1-2H3,(H2,17,18,19). The highest BCUT2D eigenvalue weighted by atomic mass is 35.5. The predicted molar refractivity (Wildman–Crippen MR) is 89.4 cm³/mol. The molecule has 0 aliphatic carbocycles. The van der Waals surface area contributed by atoms with Crippen molar-refractivity contribution in [1.29, 1.82) is 0 Å². The van der Waals surface area contributed by atoms with Crippen LogP contribution in [0, 0.1) is 0 Å². The van der Waals surface area contributed by atoms with E-state index in [0.29, 0.717) is 28.2 Å². The molecule has 0 aliphatic heterocycles. The van der Waals surface area contributed by atoms with E-state index in [0.717, 1.165) is 13.0 Å². The summed E-state index contributed by atoms with van der Waals surface area (Å²) >= 11 is 14.1.